The van der Waals surface area contributed by atoms with Crippen LogP contribution in [0.1, 0.15) is 19.6 Å². The Bertz CT molecular complexity index is 656. The lowest BCUT2D eigenvalue weighted by Gasteiger charge is -2.26. The van der Waals surface area contributed by atoms with E-state index in [4.69, 9.17) is 36.1 Å². The number of nitrogen functional groups attached to an aromatic ring is 1. The first kappa shape index (κ1) is 18.5. The summed E-state index contributed by atoms with van der Waals surface area (Å²) >= 11 is 4.89. The van der Waals surface area contributed by atoms with Gasteiger partial charge in [0.15, 0.2) is 6.23 Å². The van der Waals surface area contributed by atoms with Crippen LogP contribution in [0.25, 0.3) is 0 Å². The maximum atomic E-state index is 12.0. The molecule has 0 radical (unpaired) electrons. The Balaban J connectivity index is 2.35. The normalized spacial score (nSPS) is 30.3. The molecule has 11 heteroatoms. The van der Waals surface area contributed by atoms with Gasteiger partial charge in [0.2, 0.25) is 0 Å². The van der Waals surface area contributed by atoms with Crippen LogP contribution in [0.2, 0.25) is 0 Å². The Morgan fingerprint density at radius 3 is 2.74 bits per heavy atom. The molecule has 2 rings (SSSR count). The summed E-state index contributed by atoms with van der Waals surface area (Å²) in [7, 11) is 2.73. The fourth-order valence-electron chi connectivity index (χ4n) is 2.45. The average molecular weight is 365 g/mol. The van der Waals surface area contributed by atoms with Crippen LogP contribution in [0, 0.1) is 0 Å². The van der Waals surface area contributed by atoms with Gasteiger partial charge in [0.05, 0.1) is 6.10 Å². The molecule has 0 aromatic carbocycles. The number of methoxy groups -OCH3 is 1. The van der Waals surface area contributed by atoms with Crippen molar-refractivity contribution in [1.29, 1.82) is 0 Å². The van der Waals surface area contributed by atoms with Gasteiger partial charge in [0.25, 0.3) is 0 Å². The minimum absolute atomic E-state index is 0.114. The summed E-state index contributed by atoms with van der Waals surface area (Å²) in [6, 6.07) is 1.48. The third-order valence-electron chi connectivity index (χ3n) is 3.57. The summed E-state index contributed by atoms with van der Waals surface area (Å²) in [4.78, 5) is 25.6. The van der Waals surface area contributed by atoms with Crippen LogP contribution in [0.4, 0.5) is 5.82 Å². The summed E-state index contributed by atoms with van der Waals surface area (Å²) < 4.78 is 22.9. The zero-order valence-corrected chi connectivity index (χ0v) is 14.7. The number of hydrogen-bond acceptors (Lipinski definition) is 8. The number of ether oxygens (including phenoxy) is 2. The molecule has 0 saturated carbocycles. The molecular formula is C12H20N3O6PS. The predicted octanol–water partition coefficient (Wildman–Crippen LogP) is 0.396. The van der Waals surface area contributed by atoms with Gasteiger partial charge < -0.3 is 24.6 Å². The van der Waals surface area contributed by atoms with Crippen molar-refractivity contribution in [3.05, 3.63) is 22.7 Å². The Morgan fingerprint density at radius 1 is 1.52 bits per heavy atom. The van der Waals surface area contributed by atoms with Crippen LogP contribution in [-0.4, -0.2) is 47.0 Å². The van der Waals surface area contributed by atoms with Gasteiger partial charge >= 0.3 is 12.4 Å². The van der Waals surface area contributed by atoms with Gasteiger partial charge in [-0.05, 0) is 24.3 Å². The molecule has 0 amide bonds. The van der Waals surface area contributed by atoms with Crippen molar-refractivity contribution >= 4 is 24.3 Å². The van der Waals surface area contributed by atoms with Crippen molar-refractivity contribution in [2.24, 2.45) is 0 Å². The molecule has 1 fully saturated rings. The second-order valence-corrected chi connectivity index (χ2v) is 7.83. The molecule has 0 spiro atoms. The average Bonchev–Trinajstić information content (AvgIpc) is 2.84. The Labute approximate surface area is 138 Å². The van der Waals surface area contributed by atoms with E-state index in [1.165, 1.54) is 31.0 Å². The lowest BCUT2D eigenvalue weighted by atomic mass is 10.1. The second-order valence-electron chi connectivity index (χ2n) is 4.94. The lowest BCUT2D eigenvalue weighted by molar-refractivity contribution is -0.0538. The number of anilines is 1. The van der Waals surface area contributed by atoms with Crippen molar-refractivity contribution in [3.8, 4) is 0 Å². The van der Waals surface area contributed by atoms with Crippen molar-refractivity contribution in [3.63, 3.8) is 0 Å². The molecule has 3 N–H and O–H groups in total. The molecule has 0 bridgehead atoms. The minimum atomic E-state index is -3.41. The zero-order chi connectivity index (χ0) is 17.2. The topological polar surface area (TPSA) is 118 Å². The summed E-state index contributed by atoms with van der Waals surface area (Å²) in [6.07, 6.45) is -0.525. The molecule has 2 unspecified atom stereocenters. The van der Waals surface area contributed by atoms with Crippen LogP contribution in [0.15, 0.2) is 17.1 Å². The SMILES string of the molecule is CC[C@H]1O[C@@H](n2ccc(N)nc2=O)[C@@H](OC)C1OP(O)(=S)OC. The highest BCUT2D eigenvalue weighted by atomic mass is 32.5. The van der Waals surface area contributed by atoms with E-state index >= 15 is 0 Å². The Kier molecular flexibility index (Phi) is 5.90. The van der Waals surface area contributed by atoms with Crippen LogP contribution in [0.5, 0.6) is 0 Å². The largest absolute Gasteiger partial charge is 0.383 e. The molecule has 1 saturated heterocycles. The van der Waals surface area contributed by atoms with E-state index in [0.717, 1.165) is 0 Å². The molecule has 1 aliphatic rings. The van der Waals surface area contributed by atoms with Crippen molar-refractivity contribution in [2.45, 2.75) is 37.9 Å². The predicted molar refractivity (Wildman–Crippen MR) is 86.3 cm³/mol. The zero-order valence-electron chi connectivity index (χ0n) is 13.0. The van der Waals surface area contributed by atoms with Crippen LogP contribution in [-0.2, 0) is 30.3 Å². The van der Waals surface area contributed by atoms with E-state index in [9.17, 15) is 9.69 Å². The van der Waals surface area contributed by atoms with E-state index in [0.29, 0.717) is 6.42 Å². The smallest absolute Gasteiger partial charge is 0.351 e. The standard InChI is InChI=1S/C12H20N3O6PS/c1-4-7-9(21-22(17,23)19-3)10(18-2)11(20-7)15-6-5-8(13)14-12(15)16/h5-7,9-11H,4H2,1-3H3,(H,17,23)(H2,13,14,16)/t7-,9?,10+,11-,22?/m1/s1. The first-order chi connectivity index (χ1) is 10.8. The van der Waals surface area contributed by atoms with Crippen molar-refractivity contribution in [1.82, 2.24) is 9.55 Å². The summed E-state index contributed by atoms with van der Waals surface area (Å²) in [5, 5.41) is 0. The fraction of sp³-hybridized carbons (Fsp3) is 0.667. The molecule has 1 aliphatic heterocycles. The van der Waals surface area contributed by atoms with Crippen LogP contribution < -0.4 is 11.4 Å². The quantitative estimate of drug-likeness (QED) is 0.690. The van der Waals surface area contributed by atoms with Crippen molar-refractivity contribution in [2.75, 3.05) is 20.0 Å². The number of hydrogen-bond donors (Lipinski definition) is 2. The molecule has 0 aliphatic carbocycles. The third kappa shape index (κ3) is 3.97. The maximum Gasteiger partial charge on any atom is 0.351 e. The van der Waals surface area contributed by atoms with E-state index < -0.39 is 36.9 Å². The summed E-state index contributed by atoms with van der Waals surface area (Å²) in [5.41, 5.74) is 4.93. The van der Waals surface area contributed by atoms with Crippen LogP contribution >= 0.6 is 6.72 Å². The van der Waals surface area contributed by atoms with Gasteiger partial charge in [0, 0.05) is 20.4 Å². The molecule has 9 nitrogen and oxygen atoms in total. The van der Waals surface area contributed by atoms with Gasteiger partial charge in [-0.15, -0.1) is 0 Å². The Hall–Kier alpha value is -0.870. The molecule has 1 aromatic heterocycles. The first-order valence-electron chi connectivity index (χ1n) is 6.92. The van der Waals surface area contributed by atoms with Crippen molar-refractivity contribution < 1.29 is 23.4 Å². The molecule has 2 heterocycles. The van der Waals surface area contributed by atoms with Gasteiger partial charge in [-0.3, -0.25) is 9.09 Å². The first-order valence-corrected chi connectivity index (χ1v) is 9.52. The third-order valence-corrected chi connectivity index (χ3v) is 5.25. The highest BCUT2D eigenvalue weighted by Crippen LogP contribution is 2.48. The maximum absolute atomic E-state index is 12.0. The Morgan fingerprint density at radius 2 is 2.22 bits per heavy atom. The molecule has 1 aromatic rings. The number of rotatable bonds is 6. The highest BCUT2D eigenvalue weighted by molar-refractivity contribution is 8.07. The molecule has 130 valence electrons. The fourth-order valence-corrected chi connectivity index (χ4v) is 3.40. The molecule has 23 heavy (non-hydrogen) atoms. The van der Waals surface area contributed by atoms with E-state index in [1.54, 1.807) is 0 Å². The number of nitrogens with zero attached hydrogens (tertiary/aromatic N) is 2. The van der Waals surface area contributed by atoms with E-state index in [1.807, 2.05) is 6.92 Å². The number of nitrogens with two attached hydrogens (primary N) is 1. The van der Waals surface area contributed by atoms with Crippen LogP contribution in [0.3, 0.4) is 0 Å². The van der Waals surface area contributed by atoms with Gasteiger partial charge in [-0.1, -0.05) is 6.92 Å². The van der Waals surface area contributed by atoms with E-state index in [-0.39, 0.29) is 5.82 Å². The minimum Gasteiger partial charge on any atom is -0.383 e. The second kappa shape index (κ2) is 7.35. The van der Waals surface area contributed by atoms with E-state index in [2.05, 4.69) is 4.98 Å². The lowest BCUT2D eigenvalue weighted by Crippen LogP contribution is -2.38. The summed E-state index contributed by atoms with van der Waals surface area (Å²) in [5.74, 6) is 0.114. The van der Waals surface area contributed by atoms with Gasteiger partial charge in [0.1, 0.15) is 18.0 Å². The van der Waals surface area contributed by atoms with Gasteiger partial charge in [-0.2, -0.15) is 4.98 Å². The monoisotopic (exact) mass is 365 g/mol. The highest BCUT2D eigenvalue weighted by Gasteiger charge is 2.48. The van der Waals surface area contributed by atoms with Gasteiger partial charge in [-0.25, -0.2) is 4.79 Å². The number of aromatic nitrogens is 2. The summed E-state index contributed by atoms with van der Waals surface area (Å²) in [6.45, 7) is -1.53. The molecular weight excluding hydrogens is 345 g/mol. The molecule has 5 atom stereocenters.